The fraction of sp³-hybridized carbons (Fsp3) is 0.435. The summed E-state index contributed by atoms with van der Waals surface area (Å²) in [4.78, 5) is 43.0. The van der Waals surface area contributed by atoms with Crippen molar-refractivity contribution in [3.05, 3.63) is 54.0 Å². The van der Waals surface area contributed by atoms with Crippen LogP contribution in [0.4, 0.5) is 5.69 Å². The van der Waals surface area contributed by atoms with Crippen molar-refractivity contribution in [2.45, 2.75) is 25.9 Å². The lowest BCUT2D eigenvalue weighted by atomic mass is 10.1. The molecule has 1 atom stereocenters. The van der Waals surface area contributed by atoms with Crippen molar-refractivity contribution in [1.82, 2.24) is 15.1 Å². The van der Waals surface area contributed by atoms with Crippen molar-refractivity contribution < 1.29 is 18.8 Å². The lowest BCUT2D eigenvalue weighted by Crippen LogP contribution is -2.57. The van der Waals surface area contributed by atoms with E-state index in [2.05, 4.69) is 15.1 Å². The van der Waals surface area contributed by atoms with Gasteiger partial charge in [0.15, 0.2) is 5.78 Å². The van der Waals surface area contributed by atoms with E-state index in [0.717, 1.165) is 24.3 Å². The highest BCUT2D eigenvalue weighted by atomic mass is 16.3. The molecule has 8 heteroatoms. The van der Waals surface area contributed by atoms with Gasteiger partial charge in [0.1, 0.15) is 0 Å². The van der Waals surface area contributed by atoms with Crippen LogP contribution in [0.3, 0.4) is 0 Å². The molecular formula is C23H28N4O4. The molecule has 2 aliphatic heterocycles. The molecule has 0 saturated carbocycles. The van der Waals surface area contributed by atoms with E-state index in [4.69, 9.17) is 4.42 Å². The SMILES string of the molecule is CC(=O)c1ccc(N2CCN(C(=O)C[C@H]3C(=O)NCCN3Cc3ccoc3)CC2)cc1. The second kappa shape index (κ2) is 9.34. The molecule has 2 fully saturated rings. The van der Waals surface area contributed by atoms with Gasteiger partial charge in [-0.25, -0.2) is 0 Å². The summed E-state index contributed by atoms with van der Waals surface area (Å²) in [5.41, 5.74) is 2.75. The molecule has 0 unspecified atom stereocenters. The molecule has 31 heavy (non-hydrogen) atoms. The molecule has 2 amide bonds. The third-order valence-corrected chi connectivity index (χ3v) is 6.05. The highest BCUT2D eigenvalue weighted by Gasteiger charge is 2.33. The number of carbonyl (C=O) groups excluding carboxylic acids is 3. The van der Waals surface area contributed by atoms with E-state index >= 15 is 0 Å². The number of nitrogens with zero attached hydrogens (tertiary/aromatic N) is 3. The molecule has 3 heterocycles. The standard InChI is InChI=1S/C23H28N4O4/c1-17(28)19-2-4-20(5-3-19)25-9-11-26(12-10-25)22(29)14-21-23(30)24-7-8-27(21)15-18-6-13-31-16-18/h2-6,13,16,21H,7-12,14-15H2,1H3,(H,24,30)/t21-/m0/s1. The van der Waals surface area contributed by atoms with Crippen molar-refractivity contribution in [3.8, 4) is 0 Å². The van der Waals surface area contributed by atoms with Crippen molar-refractivity contribution in [2.24, 2.45) is 0 Å². The Morgan fingerprint density at radius 3 is 2.45 bits per heavy atom. The number of benzene rings is 1. The zero-order valence-corrected chi connectivity index (χ0v) is 17.8. The molecule has 0 radical (unpaired) electrons. The van der Waals surface area contributed by atoms with Crippen LogP contribution >= 0.6 is 0 Å². The van der Waals surface area contributed by atoms with Crippen LogP contribution in [0.15, 0.2) is 47.3 Å². The monoisotopic (exact) mass is 424 g/mol. The first-order valence-electron chi connectivity index (χ1n) is 10.7. The maximum Gasteiger partial charge on any atom is 0.237 e. The number of hydrogen-bond acceptors (Lipinski definition) is 6. The van der Waals surface area contributed by atoms with Crippen molar-refractivity contribution in [1.29, 1.82) is 0 Å². The van der Waals surface area contributed by atoms with E-state index in [1.54, 1.807) is 19.5 Å². The molecule has 1 aromatic heterocycles. The first-order valence-corrected chi connectivity index (χ1v) is 10.7. The summed E-state index contributed by atoms with van der Waals surface area (Å²) in [6.07, 6.45) is 3.47. The molecular weight excluding hydrogens is 396 g/mol. The lowest BCUT2D eigenvalue weighted by molar-refractivity contribution is -0.139. The van der Waals surface area contributed by atoms with Crippen molar-refractivity contribution in [3.63, 3.8) is 0 Å². The Labute approximate surface area is 181 Å². The van der Waals surface area contributed by atoms with Gasteiger partial charge in [0, 0.05) is 62.6 Å². The summed E-state index contributed by atoms with van der Waals surface area (Å²) >= 11 is 0. The summed E-state index contributed by atoms with van der Waals surface area (Å²) < 4.78 is 5.14. The maximum atomic E-state index is 13.0. The van der Waals surface area contributed by atoms with Gasteiger partial charge < -0.3 is 19.5 Å². The largest absolute Gasteiger partial charge is 0.472 e. The molecule has 1 aromatic carbocycles. The molecule has 164 valence electrons. The number of nitrogens with one attached hydrogen (secondary N) is 1. The van der Waals surface area contributed by atoms with Crippen LogP contribution in [0.25, 0.3) is 0 Å². The van der Waals surface area contributed by atoms with Gasteiger partial charge in [0.05, 0.1) is 25.0 Å². The van der Waals surface area contributed by atoms with Gasteiger partial charge in [0.25, 0.3) is 0 Å². The summed E-state index contributed by atoms with van der Waals surface area (Å²) in [7, 11) is 0. The van der Waals surface area contributed by atoms with E-state index in [1.165, 1.54) is 0 Å². The predicted molar refractivity (Wildman–Crippen MR) is 116 cm³/mol. The van der Waals surface area contributed by atoms with Gasteiger partial charge in [-0.15, -0.1) is 0 Å². The minimum Gasteiger partial charge on any atom is -0.472 e. The number of Topliss-reactive ketones (excluding diaryl/α,β-unsaturated/α-hetero) is 1. The number of carbonyl (C=O) groups is 3. The second-order valence-electron chi connectivity index (χ2n) is 8.08. The second-order valence-corrected chi connectivity index (χ2v) is 8.08. The molecule has 2 aliphatic rings. The number of anilines is 1. The zero-order chi connectivity index (χ0) is 21.8. The van der Waals surface area contributed by atoms with E-state index in [-0.39, 0.29) is 24.0 Å². The van der Waals surface area contributed by atoms with E-state index in [1.807, 2.05) is 35.2 Å². The van der Waals surface area contributed by atoms with Gasteiger partial charge in [-0.2, -0.15) is 0 Å². The van der Waals surface area contributed by atoms with Crippen LogP contribution in [0.5, 0.6) is 0 Å². The van der Waals surface area contributed by atoms with Crippen LogP contribution in [0.2, 0.25) is 0 Å². The maximum absolute atomic E-state index is 13.0. The summed E-state index contributed by atoms with van der Waals surface area (Å²) in [6.45, 7) is 6.11. The van der Waals surface area contributed by atoms with Crippen LogP contribution in [-0.2, 0) is 16.1 Å². The Kier molecular flexibility index (Phi) is 6.36. The number of piperazine rings is 2. The highest BCUT2D eigenvalue weighted by molar-refractivity contribution is 5.94. The molecule has 0 spiro atoms. The van der Waals surface area contributed by atoms with Crippen LogP contribution in [0, 0.1) is 0 Å². The number of hydrogen-bond donors (Lipinski definition) is 1. The minimum atomic E-state index is -0.465. The van der Waals surface area contributed by atoms with Gasteiger partial charge in [-0.05, 0) is 37.3 Å². The quantitative estimate of drug-likeness (QED) is 0.708. The average molecular weight is 425 g/mol. The first-order chi connectivity index (χ1) is 15.0. The Morgan fingerprint density at radius 2 is 1.81 bits per heavy atom. The topological polar surface area (TPSA) is 86.1 Å². The van der Waals surface area contributed by atoms with E-state index in [9.17, 15) is 14.4 Å². The predicted octanol–water partition coefficient (Wildman–Crippen LogP) is 1.52. The molecule has 1 N–H and O–H groups in total. The fourth-order valence-corrected chi connectivity index (χ4v) is 4.21. The Morgan fingerprint density at radius 1 is 1.06 bits per heavy atom. The summed E-state index contributed by atoms with van der Waals surface area (Å²) in [6, 6.07) is 9.00. The summed E-state index contributed by atoms with van der Waals surface area (Å²) in [5, 5.41) is 2.88. The van der Waals surface area contributed by atoms with Crippen molar-refractivity contribution in [2.75, 3.05) is 44.2 Å². The Hall–Kier alpha value is -3.13. The summed E-state index contributed by atoms with van der Waals surface area (Å²) in [5.74, 6) is -0.0337. The molecule has 0 bridgehead atoms. The lowest BCUT2D eigenvalue weighted by Gasteiger charge is -2.38. The third-order valence-electron chi connectivity index (χ3n) is 6.05. The van der Waals surface area contributed by atoms with Gasteiger partial charge in [-0.3, -0.25) is 19.3 Å². The van der Waals surface area contributed by atoms with Crippen LogP contribution in [0.1, 0.15) is 29.3 Å². The van der Waals surface area contributed by atoms with Crippen LogP contribution < -0.4 is 10.2 Å². The normalized spacial score (nSPS) is 19.9. The van der Waals surface area contributed by atoms with E-state index < -0.39 is 6.04 Å². The fourth-order valence-electron chi connectivity index (χ4n) is 4.21. The molecule has 4 rings (SSSR count). The first kappa shape index (κ1) is 21.1. The minimum absolute atomic E-state index is 0.00539. The molecule has 8 nitrogen and oxygen atoms in total. The average Bonchev–Trinajstić information content (AvgIpc) is 3.29. The number of furan rings is 1. The Bertz CT molecular complexity index is 918. The number of ketones is 1. The zero-order valence-electron chi connectivity index (χ0n) is 17.8. The van der Waals surface area contributed by atoms with Crippen molar-refractivity contribution >= 4 is 23.3 Å². The Balaban J connectivity index is 1.33. The van der Waals surface area contributed by atoms with Gasteiger partial charge in [-0.1, -0.05) is 0 Å². The molecule has 0 aliphatic carbocycles. The smallest absolute Gasteiger partial charge is 0.237 e. The van der Waals surface area contributed by atoms with E-state index in [0.29, 0.717) is 38.3 Å². The van der Waals surface area contributed by atoms with Gasteiger partial charge >= 0.3 is 0 Å². The molecule has 2 saturated heterocycles. The van der Waals surface area contributed by atoms with Crippen LogP contribution in [-0.4, -0.2) is 72.7 Å². The van der Waals surface area contributed by atoms with Gasteiger partial charge in [0.2, 0.25) is 11.8 Å². The number of amides is 2. The molecule has 2 aromatic rings. The number of rotatable bonds is 6. The highest BCUT2D eigenvalue weighted by Crippen LogP contribution is 2.20. The third kappa shape index (κ3) is 4.96.